The van der Waals surface area contributed by atoms with Gasteiger partial charge in [0.2, 0.25) is 0 Å². The van der Waals surface area contributed by atoms with Crippen molar-refractivity contribution in [2.24, 2.45) is 0 Å². The summed E-state index contributed by atoms with van der Waals surface area (Å²) in [6.45, 7) is 10.7. The van der Waals surface area contributed by atoms with Crippen molar-refractivity contribution in [3.05, 3.63) is 36.4 Å². The number of rotatable bonds is 3. The average molecular weight is 191 g/mol. The molecule has 0 bridgehead atoms. The van der Waals surface area contributed by atoms with Crippen molar-refractivity contribution in [2.75, 3.05) is 4.98 Å². The Bertz CT molecular complexity index is 299. The highest BCUT2D eigenvalue weighted by Crippen LogP contribution is 2.18. The smallest absolute Gasteiger partial charge is 0.144 e. The number of para-hydroxylation sites is 1. The van der Waals surface area contributed by atoms with Gasteiger partial charge in [-0.3, -0.25) is 0 Å². The van der Waals surface area contributed by atoms with Crippen LogP contribution in [0.3, 0.4) is 0 Å². The van der Waals surface area contributed by atoms with E-state index in [-0.39, 0.29) is 0 Å². The summed E-state index contributed by atoms with van der Waals surface area (Å²) in [7, 11) is -1.24. The van der Waals surface area contributed by atoms with Crippen molar-refractivity contribution < 1.29 is 0 Å². The third kappa shape index (κ3) is 3.07. The molecule has 0 spiro atoms. The Morgan fingerprint density at radius 3 is 2.38 bits per heavy atom. The van der Waals surface area contributed by atoms with E-state index >= 15 is 0 Å². The summed E-state index contributed by atoms with van der Waals surface area (Å²) in [5.74, 6) is 0. The summed E-state index contributed by atoms with van der Waals surface area (Å²) in [5, 5.41) is 0. The summed E-state index contributed by atoms with van der Waals surface area (Å²) in [6, 6.07) is 8.27. The van der Waals surface area contributed by atoms with E-state index in [4.69, 9.17) is 0 Å². The normalized spacial score (nSPS) is 11.0. The maximum atomic E-state index is 3.80. The highest BCUT2D eigenvalue weighted by molar-refractivity contribution is 6.79. The Hall–Kier alpha value is -1.02. The number of hydrogen-bond acceptors (Lipinski definition) is 1. The first-order valence-electron chi connectivity index (χ1n) is 4.52. The third-order valence-corrected chi connectivity index (χ3v) is 2.71. The van der Waals surface area contributed by atoms with E-state index in [1.807, 2.05) is 12.1 Å². The Kier molecular flexibility index (Phi) is 2.93. The van der Waals surface area contributed by atoms with E-state index in [2.05, 4.69) is 49.4 Å². The molecule has 0 heterocycles. The number of benzene rings is 1. The zero-order valence-electron chi connectivity index (χ0n) is 8.59. The van der Waals surface area contributed by atoms with E-state index in [9.17, 15) is 0 Å². The van der Waals surface area contributed by atoms with Crippen molar-refractivity contribution in [1.29, 1.82) is 0 Å². The first-order chi connectivity index (χ1) is 6.03. The molecule has 0 radical (unpaired) electrons. The summed E-state index contributed by atoms with van der Waals surface area (Å²) >= 11 is 0. The van der Waals surface area contributed by atoms with Gasteiger partial charge in [-0.25, -0.2) is 0 Å². The van der Waals surface area contributed by atoms with E-state index in [1.54, 1.807) is 0 Å². The predicted molar refractivity (Wildman–Crippen MR) is 63.5 cm³/mol. The molecule has 0 aliphatic carbocycles. The van der Waals surface area contributed by atoms with Gasteiger partial charge in [-0.2, -0.15) is 0 Å². The Balaban J connectivity index is 2.94. The first kappa shape index (κ1) is 10.1. The molecule has 1 N–H and O–H groups in total. The molecule has 0 fully saturated rings. The summed E-state index contributed by atoms with van der Waals surface area (Å²) in [6.07, 6.45) is 1.89. The molecule has 0 aromatic heterocycles. The minimum atomic E-state index is -1.24. The topological polar surface area (TPSA) is 12.0 Å². The lowest BCUT2D eigenvalue weighted by Gasteiger charge is -2.21. The number of hydrogen-bond donors (Lipinski definition) is 1. The minimum absolute atomic E-state index is 1.19. The maximum absolute atomic E-state index is 3.80. The molecule has 0 saturated carbocycles. The van der Waals surface area contributed by atoms with Crippen molar-refractivity contribution in [3.8, 4) is 0 Å². The SMILES string of the molecule is C=Cc1ccccc1N[Si](C)(C)C. The van der Waals surface area contributed by atoms with Gasteiger partial charge in [0.1, 0.15) is 8.24 Å². The van der Waals surface area contributed by atoms with E-state index < -0.39 is 8.24 Å². The number of anilines is 1. The van der Waals surface area contributed by atoms with Crippen molar-refractivity contribution in [3.63, 3.8) is 0 Å². The largest absolute Gasteiger partial charge is 0.410 e. The van der Waals surface area contributed by atoms with Crippen molar-refractivity contribution in [1.82, 2.24) is 0 Å². The molecular weight excluding hydrogens is 174 g/mol. The highest BCUT2D eigenvalue weighted by Gasteiger charge is 2.13. The molecule has 2 heteroatoms. The van der Waals surface area contributed by atoms with E-state index in [0.29, 0.717) is 0 Å². The van der Waals surface area contributed by atoms with Crippen LogP contribution in [-0.4, -0.2) is 8.24 Å². The molecule has 0 atom stereocenters. The van der Waals surface area contributed by atoms with Crippen LogP contribution in [0.1, 0.15) is 5.56 Å². The van der Waals surface area contributed by atoms with Gasteiger partial charge in [0, 0.05) is 5.69 Å². The van der Waals surface area contributed by atoms with Crippen LogP contribution in [-0.2, 0) is 0 Å². The van der Waals surface area contributed by atoms with E-state index in [0.717, 1.165) is 0 Å². The fourth-order valence-electron chi connectivity index (χ4n) is 1.19. The quantitative estimate of drug-likeness (QED) is 0.720. The van der Waals surface area contributed by atoms with Crippen molar-refractivity contribution >= 4 is 20.0 Å². The second kappa shape index (κ2) is 3.79. The molecule has 0 unspecified atom stereocenters. The second-order valence-electron chi connectivity index (χ2n) is 4.17. The maximum Gasteiger partial charge on any atom is 0.144 e. The zero-order valence-corrected chi connectivity index (χ0v) is 9.59. The van der Waals surface area contributed by atoms with Crippen LogP contribution in [0.4, 0.5) is 5.69 Å². The van der Waals surface area contributed by atoms with Crippen LogP contribution in [0.2, 0.25) is 19.6 Å². The van der Waals surface area contributed by atoms with Gasteiger partial charge in [-0.1, -0.05) is 50.5 Å². The lowest BCUT2D eigenvalue weighted by Crippen LogP contribution is -2.32. The lowest BCUT2D eigenvalue weighted by atomic mass is 10.2. The monoisotopic (exact) mass is 191 g/mol. The highest BCUT2D eigenvalue weighted by atomic mass is 28.3. The Labute approximate surface area is 81.6 Å². The number of nitrogens with one attached hydrogen (secondary N) is 1. The summed E-state index contributed by atoms with van der Waals surface area (Å²) in [4.78, 5) is 3.57. The van der Waals surface area contributed by atoms with Crippen LogP contribution in [0, 0.1) is 0 Å². The Morgan fingerprint density at radius 1 is 1.23 bits per heavy atom. The lowest BCUT2D eigenvalue weighted by molar-refractivity contribution is 1.55. The van der Waals surface area contributed by atoms with Crippen LogP contribution in [0.25, 0.3) is 6.08 Å². The summed E-state index contributed by atoms with van der Waals surface area (Å²) < 4.78 is 0. The molecular formula is C11H17NSi. The molecule has 1 nitrogen and oxygen atoms in total. The molecule has 1 rings (SSSR count). The van der Waals surface area contributed by atoms with Gasteiger partial charge in [-0.05, 0) is 11.6 Å². The van der Waals surface area contributed by atoms with Crippen LogP contribution < -0.4 is 4.98 Å². The molecule has 0 aliphatic heterocycles. The Morgan fingerprint density at radius 2 is 1.85 bits per heavy atom. The predicted octanol–water partition coefficient (Wildman–Crippen LogP) is 3.58. The van der Waals surface area contributed by atoms with Crippen molar-refractivity contribution in [2.45, 2.75) is 19.6 Å². The van der Waals surface area contributed by atoms with Gasteiger partial charge in [0.05, 0.1) is 0 Å². The van der Waals surface area contributed by atoms with Gasteiger partial charge in [0.25, 0.3) is 0 Å². The van der Waals surface area contributed by atoms with Crippen LogP contribution in [0.5, 0.6) is 0 Å². The van der Waals surface area contributed by atoms with Gasteiger partial charge in [-0.15, -0.1) is 0 Å². The molecule has 0 amide bonds. The zero-order chi connectivity index (χ0) is 9.90. The third-order valence-electron chi connectivity index (χ3n) is 1.69. The summed E-state index contributed by atoms with van der Waals surface area (Å²) in [5.41, 5.74) is 2.39. The molecule has 0 aliphatic rings. The van der Waals surface area contributed by atoms with Gasteiger partial charge >= 0.3 is 0 Å². The molecule has 0 saturated heterocycles. The standard InChI is InChI=1S/C11H17NSi/c1-5-10-8-6-7-9-11(10)12-13(2,3)4/h5-9,12H,1H2,2-4H3. The fourth-order valence-corrected chi connectivity index (χ4v) is 2.23. The average Bonchev–Trinajstić information content (AvgIpc) is 2.02. The van der Waals surface area contributed by atoms with Crippen LogP contribution in [0.15, 0.2) is 30.8 Å². The first-order valence-corrected chi connectivity index (χ1v) is 8.02. The van der Waals surface area contributed by atoms with E-state index in [1.165, 1.54) is 11.3 Å². The fraction of sp³-hybridized carbons (Fsp3) is 0.273. The van der Waals surface area contributed by atoms with Gasteiger partial charge in [0.15, 0.2) is 0 Å². The van der Waals surface area contributed by atoms with Crippen LogP contribution >= 0.6 is 0 Å². The molecule has 1 aromatic carbocycles. The molecule has 1 aromatic rings. The van der Waals surface area contributed by atoms with Gasteiger partial charge < -0.3 is 4.98 Å². The minimum Gasteiger partial charge on any atom is -0.410 e. The second-order valence-corrected chi connectivity index (χ2v) is 8.92. The molecule has 70 valence electrons. The molecule has 13 heavy (non-hydrogen) atoms.